The van der Waals surface area contributed by atoms with Crippen LogP contribution in [0.5, 0.6) is 0 Å². The third-order valence-electron chi connectivity index (χ3n) is 5.55. The van der Waals surface area contributed by atoms with Crippen LogP contribution < -0.4 is 5.32 Å². The van der Waals surface area contributed by atoms with E-state index in [1.54, 1.807) is 18.3 Å². The smallest absolute Gasteiger partial charge is 0.272 e. The second-order valence-electron chi connectivity index (χ2n) is 8.03. The Morgan fingerprint density at radius 1 is 1.12 bits per heavy atom. The van der Waals surface area contributed by atoms with Crippen molar-refractivity contribution in [2.75, 3.05) is 0 Å². The van der Waals surface area contributed by atoms with Gasteiger partial charge in [0.15, 0.2) is 11.4 Å². The first-order valence-corrected chi connectivity index (χ1v) is 11.8. The molecule has 4 rings (SSSR count). The maximum absolute atomic E-state index is 13.0. The number of amides is 1. The molecular formula is C25H26ClN5O3. The van der Waals surface area contributed by atoms with Crippen molar-refractivity contribution in [1.29, 1.82) is 0 Å². The number of ketones is 1. The van der Waals surface area contributed by atoms with Gasteiger partial charge >= 0.3 is 0 Å². The molecular weight excluding hydrogens is 454 g/mol. The highest BCUT2D eigenvalue weighted by Gasteiger charge is 2.22. The van der Waals surface area contributed by atoms with Gasteiger partial charge in [-0.1, -0.05) is 61.7 Å². The number of oxazole rings is 1. The van der Waals surface area contributed by atoms with E-state index >= 15 is 0 Å². The summed E-state index contributed by atoms with van der Waals surface area (Å²) in [6, 6.07) is 12.6. The van der Waals surface area contributed by atoms with Crippen LogP contribution in [0.3, 0.4) is 0 Å². The summed E-state index contributed by atoms with van der Waals surface area (Å²) in [6.45, 7) is 1.88. The van der Waals surface area contributed by atoms with E-state index in [1.807, 2.05) is 37.3 Å². The van der Waals surface area contributed by atoms with Gasteiger partial charge in [0.05, 0.1) is 12.4 Å². The van der Waals surface area contributed by atoms with Crippen molar-refractivity contribution >= 4 is 28.9 Å². The van der Waals surface area contributed by atoms with Crippen molar-refractivity contribution in [2.45, 2.75) is 51.5 Å². The Kier molecular flexibility index (Phi) is 7.69. The van der Waals surface area contributed by atoms with Gasteiger partial charge in [-0.2, -0.15) is 5.10 Å². The first-order chi connectivity index (χ1) is 16.5. The predicted octanol–water partition coefficient (Wildman–Crippen LogP) is 5.44. The molecule has 0 saturated carbocycles. The summed E-state index contributed by atoms with van der Waals surface area (Å²) in [5.74, 6) is 0.981. The number of carbonyl (C=O) groups excluding carboxylic acids is 2. The van der Waals surface area contributed by atoms with Crippen LogP contribution in [0.25, 0.3) is 17.0 Å². The Morgan fingerprint density at radius 3 is 2.74 bits per heavy atom. The van der Waals surface area contributed by atoms with Crippen LogP contribution in [0.2, 0.25) is 5.15 Å². The van der Waals surface area contributed by atoms with E-state index in [0.717, 1.165) is 24.8 Å². The number of nitrogens with one attached hydrogen (secondary N) is 1. The van der Waals surface area contributed by atoms with Crippen molar-refractivity contribution in [1.82, 2.24) is 24.9 Å². The molecule has 0 spiro atoms. The maximum Gasteiger partial charge on any atom is 0.272 e. The molecule has 1 N–H and O–H groups in total. The molecule has 1 aromatic carbocycles. The van der Waals surface area contributed by atoms with Gasteiger partial charge in [-0.25, -0.2) is 14.5 Å². The Bertz CT molecular complexity index is 1270. The van der Waals surface area contributed by atoms with E-state index in [2.05, 4.69) is 20.4 Å². The summed E-state index contributed by atoms with van der Waals surface area (Å²) in [6.07, 6.45) is 7.49. The van der Waals surface area contributed by atoms with Gasteiger partial charge in [-0.05, 0) is 25.0 Å². The maximum atomic E-state index is 13.0. The number of fused-ring (bicyclic) bond motifs is 1. The average molecular weight is 480 g/mol. The summed E-state index contributed by atoms with van der Waals surface area (Å²) in [4.78, 5) is 33.4. The van der Waals surface area contributed by atoms with Crippen molar-refractivity contribution < 1.29 is 14.0 Å². The molecule has 1 amide bonds. The highest BCUT2D eigenvalue weighted by molar-refractivity contribution is 6.29. The average Bonchev–Trinajstić information content (AvgIpc) is 3.51. The molecule has 0 aliphatic heterocycles. The number of imidazole rings is 1. The number of carbonyl (C=O) groups is 2. The Morgan fingerprint density at radius 2 is 1.94 bits per heavy atom. The lowest BCUT2D eigenvalue weighted by Crippen LogP contribution is -2.29. The minimum atomic E-state index is -0.437. The van der Waals surface area contributed by atoms with Crippen molar-refractivity contribution in [3.05, 3.63) is 71.6 Å². The summed E-state index contributed by atoms with van der Waals surface area (Å²) in [5, 5.41) is 7.44. The van der Waals surface area contributed by atoms with Gasteiger partial charge in [0.2, 0.25) is 5.89 Å². The van der Waals surface area contributed by atoms with Gasteiger partial charge in [-0.15, -0.1) is 0 Å². The summed E-state index contributed by atoms with van der Waals surface area (Å²) in [5.41, 5.74) is 1.66. The van der Waals surface area contributed by atoms with E-state index in [-0.39, 0.29) is 17.4 Å². The van der Waals surface area contributed by atoms with E-state index in [4.69, 9.17) is 16.0 Å². The largest absolute Gasteiger partial charge is 0.438 e. The van der Waals surface area contributed by atoms with Gasteiger partial charge in [0, 0.05) is 18.4 Å². The normalized spacial score (nSPS) is 12.1. The molecule has 8 nitrogen and oxygen atoms in total. The zero-order chi connectivity index (χ0) is 23.9. The molecule has 0 saturated heterocycles. The molecule has 1 atom stereocenters. The van der Waals surface area contributed by atoms with Crippen LogP contribution in [-0.4, -0.2) is 31.3 Å². The molecule has 34 heavy (non-hydrogen) atoms. The van der Waals surface area contributed by atoms with Gasteiger partial charge in [-0.3, -0.25) is 9.59 Å². The lowest BCUT2D eigenvalue weighted by Gasteiger charge is -2.15. The topological polar surface area (TPSA) is 102 Å². The molecule has 3 heterocycles. The van der Waals surface area contributed by atoms with Crippen LogP contribution in [0.15, 0.2) is 59.3 Å². The highest BCUT2D eigenvalue weighted by atomic mass is 35.5. The molecule has 9 heteroatoms. The Hall–Kier alpha value is -3.52. The number of Topliss-reactive ketones (excluding diaryl/α,β-unsaturated/α-hetero) is 1. The minimum absolute atomic E-state index is 0.225. The molecule has 4 aromatic rings. The van der Waals surface area contributed by atoms with Gasteiger partial charge < -0.3 is 9.73 Å². The Balaban J connectivity index is 1.49. The molecule has 0 radical (unpaired) electrons. The molecule has 0 bridgehead atoms. The van der Waals surface area contributed by atoms with Crippen LogP contribution in [0, 0.1) is 0 Å². The molecule has 0 aliphatic carbocycles. The SMILES string of the molecule is CCC(=O)CCCCCC(NC(=O)c1cn2nc(Cl)ccc2n1)c1ncc(-c2ccccc2)o1. The van der Waals surface area contributed by atoms with E-state index < -0.39 is 6.04 Å². The molecule has 0 aliphatic rings. The van der Waals surface area contributed by atoms with Crippen molar-refractivity contribution in [3.63, 3.8) is 0 Å². The van der Waals surface area contributed by atoms with Crippen LogP contribution in [0.1, 0.15) is 67.9 Å². The third kappa shape index (κ3) is 5.88. The zero-order valence-electron chi connectivity index (χ0n) is 18.9. The second kappa shape index (κ2) is 11.1. The van der Waals surface area contributed by atoms with E-state index in [1.165, 1.54) is 10.7 Å². The number of hydrogen-bond acceptors (Lipinski definition) is 6. The molecule has 176 valence electrons. The summed E-state index contributed by atoms with van der Waals surface area (Å²) in [7, 11) is 0. The Labute approximate surface area is 202 Å². The molecule has 0 fully saturated rings. The first-order valence-electron chi connectivity index (χ1n) is 11.4. The van der Waals surface area contributed by atoms with Crippen LogP contribution >= 0.6 is 11.6 Å². The monoisotopic (exact) mass is 479 g/mol. The number of aromatic nitrogens is 4. The number of unbranched alkanes of at least 4 members (excludes halogenated alkanes) is 2. The fraction of sp³-hybridized carbons (Fsp3) is 0.320. The van der Waals surface area contributed by atoms with Gasteiger partial charge in [0.25, 0.3) is 5.91 Å². The van der Waals surface area contributed by atoms with Gasteiger partial charge in [0.1, 0.15) is 22.7 Å². The fourth-order valence-corrected chi connectivity index (χ4v) is 3.81. The number of benzene rings is 1. The summed E-state index contributed by atoms with van der Waals surface area (Å²) >= 11 is 5.93. The molecule has 3 aromatic heterocycles. The van der Waals surface area contributed by atoms with E-state index in [0.29, 0.717) is 41.7 Å². The fourth-order valence-electron chi connectivity index (χ4n) is 3.67. The van der Waals surface area contributed by atoms with E-state index in [9.17, 15) is 9.59 Å². The number of rotatable bonds is 11. The quantitative estimate of drug-likeness (QED) is 0.287. The van der Waals surface area contributed by atoms with Crippen molar-refractivity contribution in [3.8, 4) is 11.3 Å². The predicted molar refractivity (Wildman–Crippen MR) is 129 cm³/mol. The number of nitrogens with zero attached hydrogens (tertiary/aromatic N) is 4. The van der Waals surface area contributed by atoms with Crippen LogP contribution in [-0.2, 0) is 4.79 Å². The van der Waals surface area contributed by atoms with Crippen molar-refractivity contribution in [2.24, 2.45) is 0 Å². The summed E-state index contributed by atoms with van der Waals surface area (Å²) < 4.78 is 7.49. The lowest BCUT2D eigenvalue weighted by molar-refractivity contribution is -0.118. The van der Waals surface area contributed by atoms with Crippen LogP contribution in [0.4, 0.5) is 0 Å². The zero-order valence-corrected chi connectivity index (χ0v) is 19.7. The highest BCUT2D eigenvalue weighted by Crippen LogP contribution is 2.26. The third-order valence-corrected chi connectivity index (χ3v) is 5.75. The minimum Gasteiger partial charge on any atom is -0.438 e. The first kappa shape index (κ1) is 23.6. The number of halogens is 1. The standard InChI is InChI=1S/C25H26ClN5O3/c1-2-18(32)11-7-4-8-12-19(25-27-15-21(34-25)17-9-5-3-6-10-17)29-24(33)20-16-31-23(28-20)14-13-22(26)30-31/h3,5-6,9-10,13-16,19H,2,4,7-8,11-12H2,1H3,(H,29,33). The molecule has 1 unspecified atom stereocenters. The number of hydrogen-bond donors (Lipinski definition) is 1. The second-order valence-corrected chi connectivity index (χ2v) is 8.42. The lowest BCUT2D eigenvalue weighted by atomic mass is 10.0.